The first-order chi connectivity index (χ1) is 13.1. The molecule has 0 aliphatic carbocycles. The first kappa shape index (κ1) is 24.5. The monoisotopic (exact) mass is 518 g/mol. The van der Waals surface area contributed by atoms with Gasteiger partial charge in [-0.25, -0.2) is 4.99 Å². The van der Waals surface area contributed by atoms with E-state index in [0.717, 1.165) is 36.1 Å². The summed E-state index contributed by atoms with van der Waals surface area (Å²) in [6.45, 7) is 4.28. The fraction of sp³-hybridized carbons (Fsp3) is 0.450. The third-order valence-electron chi connectivity index (χ3n) is 4.22. The third-order valence-corrected chi connectivity index (χ3v) is 4.95. The van der Waals surface area contributed by atoms with Gasteiger partial charge in [-0.1, -0.05) is 6.07 Å². The number of methoxy groups -OCH3 is 2. The van der Waals surface area contributed by atoms with Gasteiger partial charge >= 0.3 is 0 Å². The lowest BCUT2D eigenvalue weighted by molar-refractivity contribution is 0.295. The highest BCUT2D eigenvalue weighted by atomic mass is 127. The Hall–Kier alpha value is -1.52. The maximum absolute atomic E-state index is 5.45. The topological polar surface area (TPSA) is 58.1 Å². The number of benzene rings is 1. The average molecular weight is 518 g/mol. The number of rotatable bonds is 9. The van der Waals surface area contributed by atoms with Crippen molar-refractivity contribution in [1.29, 1.82) is 0 Å². The van der Waals surface area contributed by atoms with Crippen molar-refractivity contribution >= 4 is 41.3 Å². The van der Waals surface area contributed by atoms with Gasteiger partial charge in [0.2, 0.25) is 0 Å². The van der Waals surface area contributed by atoms with Gasteiger partial charge in [-0.05, 0) is 61.1 Å². The number of ether oxygens (including phenoxy) is 2. The zero-order valence-electron chi connectivity index (χ0n) is 17.2. The van der Waals surface area contributed by atoms with Gasteiger partial charge in [0.15, 0.2) is 17.5 Å². The minimum atomic E-state index is 0. The Morgan fingerprint density at radius 3 is 2.46 bits per heavy atom. The summed E-state index contributed by atoms with van der Waals surface area (Å²) in [7, 11) is 7.44. The van der Waals surface area contributed by atoms with Crippen LogP contribution < -0.4 is 20.1 Å². The summed E-state index contributed by atoms with van der Waals surface area (Å²) < 4.78 is 10.8. The molecule has 0 spiro atoms. The second-order valence-electron chi connectivity index (χ2n) is 6.30. The molecule has 2 rings (SSSR count). The standard InChI is InChI=1S/C20H30N4O2S.HI/c1-6-21-20(22-12-15-9-10-27-14-15)23-13-17(24(2)3)16-7-8-18(25-4)19(11-16)26-5;/h7-11,14,17H,6,12-13H2,1-5H3,(H2,21,22,23);1H. The van der Waals surface area contributed by atoms with E-state index < -0.39 is 0 Å². The summed E-state index contributed by atoms with van der Waals surface area (Å²) in [5, 5.41) is 11.0. The van der Waals surface area contributed by atoms with E-state index in [1.54, 1.807) is 25.6 Å². The maximum Gasteiger partial charge on any atom is 0.191 e. The van der Waals surface area contributed by atoms with E-state index >= 15 is 0 Å². The van der Waals surface area contributed by atoms with Crippen LogP contribution in [0.5, 0.6) is 11.5 Å². The van der Waals surface area contributed by atoms with Gasteiger partial charge in [0, 0.05) is 13.1 Å². The molecule has 1 unspecified atom stereocenters. The molecule has 0 amide bonds. The third kappa shape index (κ3) is 7.14. The Kier molecular flexibility index (Phi) is 11.2. The zero-order valence-corrected chi connectivity index (χ0v) is 20.3. The van der Waals surface area contributed by atoms with Crippen LogP contribution in [0.2, 0.25) is 0 Å². The number of nitrogens with zero attached hydrogens (tertiary/aromatic N) is 2. The quantitative estimate of drug-likeness (QED) is 0.301. The SMILES string of the molecule is CCNC(=NCc1ccsc1)NCC(c1ccc(OC)c(OC)c1)N(C)C.I. The van der Waals surface area contributed by atoms with Crippen LogP contribution in [-0.4, -0.2) is 52.3 Å². The highest BCUT2D eigenvalue weighted by molar-refractivity contribution is 14.0. The Morgan fingerprint density at radius 2 is 1.89 bits per heavy atom. The Morgan fingerprint density at radius 1 is 1.14 bits per heavy atom. The summed E-state index contributed by atoms with van der Waals surface area (Å²) in [6.07, 6.45) is 0. The molecule has 0 aliphatic rings. The van der Waals surface area contributed by atoms with E-state index in [0.29, 0.717) is 6.54 Å². The summed E-state index contributed by atoms with van der Waals surface area (Å²) >= 11 is 1.69. The minimum Gasteiger partial charge on any atom is -0.493 e. The first-order valence-electron chi connectivity index (χ1n) is 9.00. The molecule has 0 radical (unpaired) electrons. The van der Waals surface area contributed by atoms with Crippen molar-refractivity contribution < 1.29 is 9.47 Å². The van der Waals surface area contributed by atoms with E-state index in [1.165, 1.54) is 5.56 Å². The van der Waals surface area contributed by atoms with E-state index in [2.05, 4.69) is 64.4 Å². The zero-order chi connectivity index (χ0) is 19.6. The van der Waals surface area contributed by atoms with Crippen LogP contribution in [0.25, 0.3) is 0 Å². The van der Waals surface area contributed by atoms with E-state index in [1.807, 2.05) is 12.1 Å². The van der Waals surface area contributed by atoms with E-state index in [4.69, 9.17) is 9.47 Å². The van der Waals surface area contributed by atoms with Crippen LogP contribution in [0.1, 0.15) is 24.1 Å². The average Bonchev–Trinajstić information content (AvgIpc) is 3.19. The number of guanidine groups is 1. The molecule has 0 aliphatic heterocycles. The summed E-state index contributed by atoms with van der Waals surface area (Å²) in [5.74, 6) is 2.29. The lowest BCUT2D eigenvalue weighted by Gasteiger charge is -2.26. The van der Waals surface area contributed by atoms with Crippen LogP contribution in [-0.2, 0) is 6.54 Å². The van der Waals surface area contributed by atoms with Gasteiger partial charge in [-0.15, -0.1) is 24.0 Å². The van der Waals surface area contributed by atoms with E-state index in [-0.39, 0.29) is 30.0 Å². The molecule has 0 saturated heterocycles. The van der Waals surface area contributed by atoms with Crippen molar-refractivity contribution in [2.75, 3.05) is 41.4 Å². The van der Waals surface area contributed by atoms with Crippen molar-refractivity contribution in [1.82, 2.24) is 15.5 Å². The van der Waals surface area contributed by atoms with Gasteiger partial charge in [-0.3, -0.25) is 0 Å². The van der Waals surface area contributed by atoms with Gasteiger partial charge in [0.1, 0.15) is 0 Å². The molecule has 8 heteroatoms. The van der Waals surface area contributed by atoms with Gasteiger partial charge in [-0.2, -0.15) is 11.3 Å². The van der Waals surface area contributed by atoms with E-state index in [9.17, 15) is 0 Å². The molecule has 6 nitrogen and oxygen atoms in total. The number of aliphatic imine (C=N–C) groups is 1. The maximum atomic E-state index is 5.45. The molecule has 0 bridgehead atoms. The second-order valence-corrected chi connectivity index (χ2v) is 7.08. The van der Waals surface area contributed by atoms with Crippen molar-refractivity contribution in [2.45, 2.75) is 19.5 Å². The molecular weight excluding hydrogens is 487 g/mol. The number of thiophene rings is 1. The van der Waals surface area contributed by atoms with Crippen molar-refractivity contribution in [3.8, 4) is 11.5 Å². The molecule has 1 atom stereocenters. The van der Waals surface area contributed by atoms with Crippen molar-refractivity contribution in [3.05, 3.63) is 46.2 Å². The lowest BCUT2D eigenvalue weighted by atomic mass is 10.1. The van der Waals surface area contributed by atoms with Crippen molar-refractivity contribution in [2.24, 2.45) is 4.99 Å². The molecule has 0 fully saturated rings. The number of halogens is 1. The highest BCUT2D eigenvalue weighted by Crippen LogP contribution is 2.31. The molecule has 1 aromatic carbocycles. The summed E-state index contributed by atoms with van der Waals surface area (Å²) in [5.41, 5.74) is 2.38. The number of hydrogen-bond donors (Lipinski definition) is 2. The van der Waals surface area contributed by atoms with Crippen LogP contribution in [0.4, 0.5) is 0 Å². The predicted octanol–water partition coefficient (Wildman–Crippen LogP) is 3.74. The Bertz CT molecular complexity index is 723. The van der Waals surface area contributed by atoms with Gasteiger partial charge in [0.25, 0.3) is 0 Å². The molecule has 0 saturated carbocycles. The lowest BCUT2D eigenvalue weighted by Crippen LogP contribution is -2.41. The van der Waals surface area contributed by atoms with Crippen LogP contribution in [0.15, 0.2) is 40.0 Å². The fourth-order valence-corrected chi connectivity index (χ4v) is 3.41. The Balaban J connectivity index is 0.00000392. The van der Waals surface area contributed by atoms with Gasteiger partial charge < -0.3 is 25.0 Å². The van der Waals surface area contributed by atoms with Crippen molar-refractivity contribution in [3.63, 3.8) is 0 Å². The normalized spacial score (nSPS) is 12.3. The number of hydrogen-bond acceptors (Lipinski definition) is 5. The van der Waals surface area contributed by atoms with Crippen LogP contribution >= 0.6 is 35.3 Å². The first-order valence-corrected chi connectivity index (χ1v) is 9.94. The summed E-state index contributed by atoms with van der Waals surface area (Å²) in [4.78, 5) is 6.86. The molecule has 2 N–H and O–H groups in total. The largest absolute Gasteiger partial charge is 0.493 e. The van der Waals surface area contributed by atoms with Crippen LogP contribution in [0.3, 0.4) is 0 Å². The predicted molar refractivity (Wildman–Crippen MR) is 129 cm³/mol. The smallest absolute Gasteiger partial charge is 0.191 e. The summed E-state index contributed by atoms with van der Waals surface area (Å²) in [6, 6.07) is 8.31. The second kappa shape index (κ2) is 12.8. The fourth-order valence-electron chi connectivity index (χ4n) is 2.75. The number of likely N-dealkylation sites (N-methyl/N-ethyl adjacent to an activating group) is 1. The molecular formula is C20H31IN4O2S. The number of nitrogens with one attached hydrogen (secondary N) is 2. The molecule has 1 aromatic heterocycles. The molecule has 1 heterocycles. The molecule has 156 valence electrons. The highest BCUT2D eigenvalue weighted by Gasteiger charge is 2.17. The minimum absolute atomic E-state index is 0. The Labute approximate surface area is 189 Å². The van der Waals surface area contributed by atoms with Gasteiger partial charge in [0.05, 0.1) is 26.8 Å². The molecule has 28 heavy (non-hydrogen) atoms. The molecule has 2 aromatic rings. The van der Waals surface area contributed by atoms with Crippen LogP contribution in [0, 0.1) is 0 Å².